The molecule has 4 rings (SSSR count). The Kier molecular flexibility index (Phi) is 8.49. The minimum absolute atomic E-state index is 0.181. The average molecular weight is 534 g/mol. The van der Waals surface area contributed by atoms with Crippen LogP contribution in [-0.2, 0) is 26.1 Å². The maximum Gasteiger partial charge on any atom is 0.251 e. The molecule has 0 bridgehead atoms. The van der Waals surface area contributed by atoms with E-state index in [1.807, 2.05) is 20.1 Å². The number of thiazole rings is 1. The number of carbonyl (C=O) groups is 1. The third-order valence-electron chi connectivity index (χ3n) is 6.22. The molecular formula is C25H31N3O4S3. The standard InChI is InChI=1S/C25H31N3O4S3/c1-4-32-16-15-28-22-10-7-20(33-3)17-23(22)34-25(28)26-24(29)19-11-13-27(14-12-19)35(30,31)21-8-5-18(2)6-9-21/h5-10,17,19H,4,11-16H2,1-3H3. The van der Waals surface area contributed by atoms with E-state index < -0.39 is 10.0 Å². The van der Waals surface area contributed by atoms with Crippen LogP contribution in [0.2, 0.25) is 0 Å². The second-order valence-electron chi connectivity index (χ2n) is 8.51. The van der Waals surface area contributed by atoms with E-state index in [4.69, 9.17) is 4.74 Å². The van der Waals surface area contributed by atoms with E-state index >= 15 is 0 Å². The molecule has 0 radical (unpaired) electrons. The van der Waals surface area contributed by atoms with Crippen molar-refractivity contribution in [2.75, 3.05) is 32.6 Å². The number of aryl methyl sites for hydroxylation is 1. The lowest BCUT2D eigenvalue weighted by atomic mass is 9.98. The van der Waals surface area contributed by atoms with E-state index in [-0.39, 0.29) is 11.8 Å². The molecule has 188 valence electrons. The fourth-order valence-corrected chi connectivity index (χ4v) is 7.26. The van der Waals surface area contributed by atoms with Crippen molar-refractivity contribution in [1.29, 1.82) is 0 Å². The number of sulfonamides is 1. The minimum atomic E-state index is -3.56. The van der Waals surface area contributed by atoms with Crippen molar-refractivity contribution >= 4 is 49.2 Å². The molecule has 0 atom stereocenters. The molecule has 0 N–H and O–H groups in total. The number of amides is 1. The first kappa shape index (κ1) is 26.1. The summed E-state index contributed by atoms with van der Waals surface area (Å²) in [7, 11) is -3.56. The first-order valence-corrected chi connectivity index (χ1v) is 15.2. The summed E-state index contributed by atoms with van der Waals surface area (Å²) in [5.74, 6) is -0.467. The zero-order valence-corrected chi connectivity index (χ0v) is 22.7. The number of nitrogens with zero attached hydrogens (tertiary/aromatic N) is 3. The number of fused-ring (bicyclic) bond motifs is 1. The van der Waals surface area contributed by atoms with Crippen LogP contribution in [0, 0.1) is 12.8 Å². The van der Waals surface area contributed by atoms with Gasteiger partial charge in [-0.15, -0.1) is 11.8 Å². The smallest absolute Gasteiger partial charge is 0.251 e. The number of benzene rings is 2. The summed E-state index contributed by atoms with van der Waals surface area (Å²) in [6.45, 7) is 6.31. The van der Waals surface area contributed by atoms with E-state index in [2.05, 4.69) is 27.8 Å². The van der Waals surface area contributed by atoms with Gasteiger partial charge in [0.1, 0.15) is 0 Å². The Hall–Kier alpha value is -1.98. The lowest BCUT2D eigenvalue weighted by molar-refractivity contribution is -0.122. The van der Waals surface area contributed by atoms with Crippen LogP contribution in [-0.4, -0.2) is 55.8 Å². The number of piperidine rings is 1. The molecule has 3 aromatic rings. The monoisotopic (exact) mass is 533 g/mol. The molecule has 1 aromatic heterocycles. The highest BCUT2D eigenvalue weighted by molar-refractivity contribution is 7.98. The molecule has 1 amide bonds. The normalized spacial score (nSPS) is 16.3. The molecule has 0 aliphatic carbocycles. The molecular weight excluding hydrogens is 502 g/mol. The van der Waals surface area contributed by atoms with Gasteiger partial charge in [-0.3, -0.25) is 4.79 Å². The first-order chi connectivity index (χ1) is 16.8. The van der Waals surface area contributed by atoms with Crippen molar-refractivity contribution in [2.45, 2.75) is 43.0 Å². The van der Waals surface area contributed by atoms with Gasteiger partial charge in [-0.05, 0) is 63.3 Å². The maximum absolute atomic E-state index is 13.1. The van der Waals surface area contributed by atoms with Gasteiger partial charge >= 0.3 is 0 Å². The number of hydrogen-bond donors (Lipinski definition) is 0. The number of aromatic nitrogens is 1. The minimum Gasteiger partial charge on any atom is -0.380 e. The van der Waals surface area contributed by atoms with Crippen LogP contribution in [0.1, 0.15) is 25.3 Å². The predicted molar refractivity (Wildman–Crippen MR) is 141 cm³/mol. The molecule has 1 aliphatic heterocycles. The largest absolute Gasteiger partial charge is 0.380 e. The van der Waals surface area contributed by atoms with E-state index in [0.29, 0.717) is 55.4 Å². The van der Waals surface area contributed by atoms with Crippen LogP contribution >= 0.6 is 23.1 Å². The Labute approximate surface area is 214 Å². The molecule has 2 heterocycles. The van der Waals surface area contributed by atoms with E-state index in [0.717, 1.165) is 20.7 Å². The Bertz CT molecular complexity index is 1350. The molecule has 10 heteroatoms. The SMILES string of the molecule is CCOCCn1c(=NC(=O)C2CCN(S(=O)(=O)c3ccc(C)cc3)CC2)sc2cc(SC)ccc21. The maximum atomic E-state index is 13.1. The van der Waals surface area contributed by atoms with E-state index in [1.165, 1.54) is 15.6 Å². The molecule has 35 heavy (non-hydrogen) atoms. The van der Waals surface area contributed by atoms with Crippen molar-refractivity contribution in [3.63, 3.8) is 0 Å². The quantitative estimate of drug-likeness (QED) is 0.319. The molecule has 1 saturated heterocycles. The highest BCUT2D eigenvalue weighted by Gasteiger charge is 2.32. The highest BCUT2D eigenvalue weighted by atomic mass is 32.2. The molecule has 1 fully saturated rings. The summed E-state index contributed by atoms with van der Waals surface area (Å²) in [4.78, 5) is 19.8. The van der Waals surface area contributed by atoms with E-state index in [1.54, 1.807) is 36.0 Å². The zero-order valence-electron chi connectivity index (χ0n) is 20.3. The Morgan fingerprint density at radius 3 is 2.54 bits per heavy atom. The Morgan fingerprint density at radius 2 is 1.89 bits per heavy atom. The number of ether oxygens (including phenoxy) is 1. The van der Waals surface area contributed by atoms with Crippen molar-refractivity contribution in [2.24, 2.45) is 10.9 Å². The van der Waals surface area contributed by atoms with Gasteiger partial charge in [-0.25, -0.2) is 8.42 Å². The summed E-state index contributed by atoms with van der Waals surface area (Å²) >= 11 is 3.19. The van der Waals surface area contributed by atoms with Crippen LogP contribution in [0.3, 0.4) is 0 Å². The van der Waals surface area contributed by atoms with Crippen LogP contribution < -0.4 is 4.80 Å². The molecule has 0 unspecified atom stereocenters. The highest BCUT2D eigenvalue weighted by Crippen LogP contribution is 2.26. The number of carbonyl (C=O) groups excluding carboxylic acids is 1. The van der Waals surface area contributed by atoms with Gasteiger partial charge in [0.15, 0.2) is 4.80 Å². The number of thioether (sulfide) groups is 1. The van der Waals surface area contributed by atoms with Crippen molar-refractivity contribution in [3.05, 3.63) is 52.8 Å². The van der Waals surface area contributed by atoms with Crippen LogP contribution in [0.25, 0.3) is 10.2 Å². The van der Waals surface area contributed by atoms with Crippen molar-refractivity contribution < 1.29 is 17.9 Å². The van der Waals surface area contributed by atoms with Gasteiger partial charge < -0.3 is 9.30 Å². The second kappa shape index (κ2) is 11.4. The van der Waals surface area contributed by atoms with E-state index in [9.17, 15) is 13.2 Å². The van der Waals surface area contributed by atoms with Gasteiger partial charge in [0.05, 0.1) is 21.7 Å². The summed E-state index contributed by atoms with van der Waals surface area (Å²) in [6, 6.07) is 13.2. The van der Waals surface area contributed by atoms with Gasteiger partial charge in [-0.2, -0.15) is 9.30 Å². The van der Waals surface area contributed by atoms with Crippen molar-refractivity contribution in [1.82, 2.24) is 8.87 Å². The zero-order chi connectivity index (χ0) is 25.0. The van der Waals surface area contributed by atoms with Crippen LogP contribution in [0.5, 0.6) is 0 Å². The van der Waals surface area contributed by atoms with Gasteiger partial charge in [0.25, 0.3) is 5.91 Å². The summed E-state index contributed by atoms with van der Waals surface area (Å²) in [5, 5.41) is 0. The van der Waals surface area contributed by atoms with Gasteiger partial charge in [0, 0.05) is 37.1 Å². The fourth-order valence-electron chi connectivity index (χ4n) is 4.17. The lowest BCUT2D eigenvalue weighted by Crippen LogP contribution is -2.40. The first-order valence-electron chi connectivity index (χ1n) is 11.7. The summed E-state index contributed by atoms with van der Waals surface area (Å²) in [6.07, 6.45) is 2.97. The average Bonchev–Trinajstić information content (AvgIpc) is 3.20. The third-order valence-corrected chi connectivity index (χ3v) is 9.90. The van der Waals surface area contributed by atoms with Crippen molar-refractivity contribution in [3.8, 4) is 0 Å². The predicted octanol–water partition coefficient (Wildman–Crippen LogP) is 4.30. The molecule has 0 saturated carbocycles. The second-order valence-corrected chi connectivity index (χ2v) is 12.3. The molecule has 7 nitrogen and oxygen atoms in total. The Balaban J connectivity index is 1.52. The lowest BCUT2D eigenvalue weighted by Gasteiger charge is -2.29. The number of hydrogen-bond acceptors (Lipinski definition) is 6. The fraction of sp³-hybridized carbons (Fsp3) is 0.440. The van der Waals surface area contributed by atoms with Crippen LogP contribution in [0.15, 0.2) is 57.2 Å². The summed E-state index contributed by atoms with van der Waals surface area (Å²) in [5.41, 5.74) is 2.05. The molecule has 1 aliphatic rings. The number of rotatable bonds is 8. The van der Waals surface area contributed by atoms with Crippen LogP contribution in [0.4, 0.5) is 0 Å². The molecule has 2 aromatic carbocycles. The van der Waals surface area contributed by atoms with Gasteiger partial charge in [0.2, 0.25) is 10.0 Å². The van der Waals surface area contributed by atoms with Gasteiger partial charge in [-0.1, -0.05) is 29.0 Å². The molecule has 0 spiro atoms. The third kappa shape index (κ3) is 5.89. The topological polar surface area (TPSA) is 81.0 Å². The Morgan fingerprint density at radius 1 is 1.17 bits per heavy atom. The summed E-state index contributed by atoms with van der Waals surface area (Å²) < 4.78 is 36.1.